The van der Waals surface area contributed by atoms with E-state index in [2.05, 4.69) is 31.6 Å². The molecule has 130 valence electrons. The van der Waals surface area contributed by atoms with E-state index in [0.29, 0.717) is 35.6 Å². The molecule has 1 saturated carbocycles. The second-order valence-electron chi connectivity index (χ2n) is 6.43. The summed E-state index contributed by atoms with van der Waals surface area (Å²) in [6.45, 7) is 0. The van der Waals surface area contributed by atoms with E-state index in [4.69, 9.17) is 16.9 Å². The molecule has 1 aliphatic rings. The molecule has 4 rings (SSSR count). The van der Waals surface area contributed by atoms with Gasteiger partial charge in [0.1, 0.15) is 16.8 Å². The minimum Gasteiger partial charge on any atom is -0.323 e. The number of nitriles is 1. The Hall–Kier alpha value is -2.91. The highest BCUT2D eigenvalue weighted by Gasteiger charge is 2.25. The maximum absolute atomic E-state index is 8.74. The van der Waals surface area contributed by atoms with E-state index in [1.165, 1.54) is 12.8 Å². The fourth-order valence-electron chi connectivity index (χ4n) is 2.79. The maximum atomic E-state index is 8.74. The number of anilines is 2. The largest absolute Gasteiger partial charge is 0.323 e. The Labute approximate surface area is 156 Å². The van der Waals surface area contributed by atoms with Crippen LogP contribution in [0.3, 0.4) is 0 Å². The molecule has 2 heterocycles. The Morgan fingerprint density at radius 2 is 1.88 bits per heavy atom. The van der Waals surface area contributed by atoms with Crippen molar-refractivity contribution in [2.75, 3.05) is 5.32 Å². The van der Waals surface area contributed by atoms with Crippen LogP contribution < -0.4 is 5.32 Å². The molecule has 3 aromatic rings. The maximum Gasteiger partial charge on any atom is 0.153 e. The average Bonchev–Trinajstić information content (AvgIpc) is 3.36. The summed E-state index contributed by atoms with van der Waals surface area (Å²) in [6, 6.07) is 13.7. The van der Waals surface area contributed by atoms with Crippen LogP contribution in [0.25, 0.3) is 0 Å². The summed E-state index contributed by atoms with van der Waals surface area (Å²) >= 11 is 6.16. The summed E-state index contributed by atoms with van der Waals surface area (Å²) in [4.78, 5) is 8.85. The first-order chi connectivity index (χ1) is 12.7. The summed E-state index contributed by atoms with van der Waals surface area (Å²) in [6.07, 6.45) is 3.42. The highest BCUT2D eigenvalue weighted by molar-refractivity contribution is 6.29. The molecule has 0 unspecified atom stereocenters. The van der Waals surface area contributed by atoms with E-state index in [9.17, 15) is 0 Å². The number of halogens is 1. The van der Waals surface area contributed by atoms with Gasteiger partial charge in [0.2, 0.25) is 0 Å². The summed E-state index contributed by atoms with van der Waals surface area (Å²) in [5, 5.41) is 19.7. The number of nitrogens with one attached hydrogen (secondary N) is 2. The lowest BCUT2D eigenvalue weighted by atomic mass is 10.1. The van der Waals surface area contributed by atoms with Crippen LogP contribution in [0, 0.1) is 11.3 Å². The van der Waals surface area contributed by atoms with E-state index in [-0.39, 0.29) is 0 Å². The molecule has 0 atom stereocenters. The molecule has 1 aliphatic carbocycles. The summed E-state index contributed by atoms with van der Waals surface area (Å²) in [5.41, 5.74) is 3.22. The van der Waals surface area contributed by atoms with Crippen molar-refractivity contribution < 1.29 is 0 Å². The second-order valence-corrected chi connectivity index (χ2v) is 6.82. The zero-order valence-electron chi connectivity index (χ0n) is 14.0. The molecule has 1 aromatic carbocycles. The fourth-order valence-corrected chi connectivity index (χ4v) is 2.99. The van der Waals surface area contributed by atoms with Gasteiger partial charge in [0.25, 0.3) is 0 Å². The lowest BCUT2D eigenvalue weighted by Gasteiger charge is -2.06. The van der Waals surface area contributed by atoms with Crippen molar-refractivity contribution in [3.8, 4) is 6.07 Å². The Kier molecular flexibility index (Phi) is 4.55. The molecule has 0 aliphatic heterocycles. The Morgan fingerprint density at radius 1 is 1.12 bits per heavy atom. The third-order valence-electron chi connectivity index (χ3n) is 4.28. The number of H-pyrrole nitrogens is 1. The van der Waals surface area contributed by atoms with Gasteiger partial charge < -0.3 is 5.32 Å². The van der Waals surface area contributed by atoms with Crippen molar-refractivity contribution in [3.63, 3.8) is 0 Å². The van der Waals surface area contributed by atoms with Gasteiger partial charge in [0.05, 0.1) is 12.5 Å². The molecule has 2 N–H and O–H groups in total. The third kappa shape index (κ3) is 4.01. The van der Waals surface area contributed by atoms with Crippen LogP contribution in [-0.2, 0) is 12.8 Å². The van der Waals surface area contributed by atoms with Crippen molar-refractivity contribution >= 4 is 23.2 Å². The first-order valence-corrected chi connectivity index (χ1v) is 8.88. The van der Waals surface area contributed by atoms with Crippen LogP contribution in [0.5, 0.6) is 0 Å². The molecule has 1 fully saturated rings. The molecule has 0 spiro atoms. The number of hydrogen-bond acceptors (Lipinski definition) is 5. The minimum atomic E-state index is 0.386. The average molecular weight is 365 g/mol. The number of rotatable bonds is 6. The van der Waals surface area contributed by atoms with Crippen LogP contribution in [0.2, 0.25) is 5.15 Å². The van der Waals surface area contributed by atoms with Gasteiger partial charge in [-0.25, -0.2) is 9.97 Å². The van der Waals surface area contributed by atoms with Gasteiger partial charge in [-0.15, -0.1) is 0 Å². The molecule has 7 heteroatoms. The second kappa shape index (κ2) is 7.14. The van der Waals surface area contributed by atoms with E-state index < -0.39 is 0 Å². The quantitative estimate of drug-likeness (QED) is 0.642. The zero-order chi connectivity index (χ0) is 17.9. The monoisotopic (exact) mass is 364 g/mol. The van der Waals surface area contributed by atoms with Crippen LogP contribution >= 0.6 is 11.6 Å². The molecular weight excluding hydrogens is 348 g/mol. The summed E-state index contributed by atoms with van der Waals surface area (Å²) < 4.78 is 0. The molecule has 26 heavy (non-hydrogen) atoms. The van der Waals surface area contributed by atoms with Crippen LogP contribution in [0.4, 0.5) is 11.6 Å². The van der Waals surface area contributed by atoms with Gasteiger partial charge in [0, 0.05) is 30.2 Å². The predicted octanol–water partition coefficient (Wildman–Crippen LogP) is 4.13. The van der Waals surface area contributed by atoms with Crippen molar-refractivity contribution in [1.29, 1.82) is 5.26 Å². The smallest absolute Gasteiger partial charge is 0.153 e. The Balaban J connectivity index is 1.48. The minimum absolute atomic E-state index is 0.386. The highest BCUT2D eigenvalue weighted by atomic mass is 35.5. The van der Waals surface area contributed by atoms with Crippen molar-refractivity contribution in [2.45, 2.75) is 31.6 Å². The molecular formula is C19H17ClN6. The zero-order valence-corrected chi connectivity index (χ0v) is 14.8. The molecule has 2 aromatic heterocycles. The highest BCUT2D eigenvalue weighted by Crippen LogP contribution is 2.39. The van der Waals surface area contributed by atoms with Gasteiger partial charge in [-0.3, -0.25) is 5.10 Å². The first kappa shape index (κ1) is 16.6. The van der Waals surface area contributed by atoms with Crippen LogP contribution in [0.15, 0.2) is 36.4 Å². The SMILES string of the molecule is N#CCc1ccc(Cc2nc(Cl)cc(Nc3cc(C4CC4)[nH]n3)n2)cc1. The van der Waals surface area contributed by atoms with Crippen molar-refractivity contribution in [1.82, 2.24) is 20.2 Å². The van der Waals surface area contributed by atoms with Gasteiger partial charge in [-0.1, -0.05) is 35.9 Å². The van der Waals surface area contributed by atoms with Gasteiger partial charge in [0.15, 0.2) is 5.82 Å². The molecule has 0 bridgehead atoms. The van der Waals surface area contributed by atoms with E-state index in [1.54, 1.807) is 6.07 Å². The first-order valence-electron chi connectivity index (χ1n) is 8.50. The number of benzene rings is 1. The Bertz CT molecular complexity index is 953. The fraction of sp³-hybridized carbons (Fsp3) is 0.263. The van der Waals surface area contributed by atoms with Gasteiger partial charge in [-0.05, 0) is 24.0 Å². The number of nitrogens with zero attached hydrogens (tertiary/aromatic N) is 4. The van der Waals surface area contributed by atoms with E-state index >= 15 is 0 Å². The molecule has 0 saturated heterocycles. The number of aromatic nitrogens is 4. The lowest BCUT2D eigenvalue weighted by molar-refractivity contribution is 0.959. The lowest BCUT2D eigenvalue weighted by Crippen LogP contribution is -2.02. The normalized spacial score (nSPS) is 13.4. The molecule has 0 radical (unpaired) electrons. The van der Waals surface area contributed by atoms with Gasteiger partial charge >= 0.3 is 0 Å². The number of hydrogen-bond donors (Lipinski definition) is 2. The predicted molar refractivity (Wildman–Crippen MR) is 99.5 cm³/mol. The van der Waals surface area contributed by atoms with Crippen LogP contribution in [-0.4, -0.2) is 20.2 Å². The molecule has 0 amide bonds. The van der Waals surface area contributed by atoms with Crippen molar-refractivity contribution in [2.24, 2.45) is 0 Å². The summed E-state index contributed by atoms with van der Waals surface area (Å²) in [5.74, 6) is 2.60. The Morgan fingerprint density at radius 3 is 2.62 bits per heavy atom. The standard InChI is InChI=1S/C19H17ClN6/c20-16-11-18(24-19-10-15(25-26-19)14-5-6-14)23-17(22-16)9-13-3-1-12(2-4-13)7-8-21/h1-4,10-11,14H,5-7,9H2,(H2,22,23,24,25,26). The van der Waals surface area contributed by atoms with Crippen molar-refractivity contribution in [3.05, 3.63) is 64.2 Å². The summed E-state index contributed by atoms with van der Waals surface area (Å²) in [7, 11) is 0. The third-order valence-corrected chi connectivity index (χ3v) is 4.47. The molecule has 6 nitrogen and oxygen atoms in total. The van der Waals surface area contributed by atoms with Gasteiger partial charge in [-0.2, -0.15) is 10.4 Å². The number of aromatic amines is 1. The van der Waals surface area contributed by atoms with E-state index in [1.807, 2.05) is 30.3 Å². The van der Waals surface area contributed by atoms with E-state index in [0.717, 1.165) is 22.6 Å². The van der Waals surface area contributed by atoms with Crippen LogP contribution in [0.1, 0.15) is 41.4 Å². The topological polar surface area (TPSA) is 90.3 Å².